The van der Waals surface area contributed by atoms with E-state index in [1.54, 1.807) is 7.11 Å². The van der Waals surface area contributed by atoms with E-state index in [4.69, 9.17) is 15.2 Å². The first-order valence-electron chi connectivity index (χ1n) is 5.42. The largest absolute Gasteiger partial charge is 0.383 e. The molecule has 0 aliphatic heterocycles. The Hall–Kier alpha value is -0.690. The number of hydrogen-bond donors (Lipinski definition) is 2. The molecule has 0 radical (unpaired) electrons. The van der Waals surface area contributed by atoms with Gasteiger partial charge in [-0.15, -0.1) is 0 Å². The molecule has 96 valence electrons. The fourth-order valence-electron chi connectivity index (χ4n) is 1.04. The number of nitrogens with two attached hydrogens (primary N) is 1. The Morgan fingerprint density at radius 2 is 2.12 bits per heavy atom. The van der Waals surface area contributed by atoms with Gasteiger partial charge in [-0.1, -0.05) is 0 Å². The molecule has 1 amide bonds. The number of nitrogens with zero attached hydrogens (tertiary/aromatic N) is 1. The third kappa shape index (κ3) is 9.85. The van der Waals surface area contributed by atoms with E-state index in [-0.39, 0.29) is 12.5 Å². The predicted molar refractivity (Wildman–Crippen MR) is 62.3 cm³/mol. The van der Waals surface area contributed by atoms with Gasteiger partial charge in [0.05, 0.1) is 13.2 Å². The molecule has 0 heterocycles. The standard InChI is InChI=1S/C10H23N3O3/c1-13(6-8-15-2)5-4-12-10(14)9-16-7-3-11/h3-9,11H2,1-2H3,(H,12,14). The summed E-state index contributed by atoms with van der Waals surface area (Å²) in [6, 6.07) is 0. The maximum absolute atomic E-state index is 11.2. The number of amides is 1. The van der Waals surface area contributed by atoms with Crippen LogP contribution in [-0.2, 0) is 14.3 Å². The van der Waals surface area contributed by atoms with Gasteiger partial charge in [0.25, 0.3) is 0 Å². The van der Waals surface area contributed by atoms with Crippen molar-refractivity contribution in [2.75, 3.05) is 60.2 Å². The zero-order valence-corrected chi connectivity index (χ0v) is 10.2. The van der Waals surface area contributed by atoms with Crippen molar-refractivity contribution in [3.8, 4) is 0 Å². The zero-order chi connectivity index (χ0) is 12.2. The van der Waals surface area contributed by atoms with Crippen LogP contribution in [-0.4, -0.2) is 71.0 Å². The van der Waals surface area contributed by atoms with Crippen molar-refractivity contribution >= 4 is 5.91 Å². The Kier molecular flexibility index (Phi) is 10.3. The van der Waals surface area contributed by atoms with Gasteiger partial charge in [-0.05, 0) is 7.05 Å². The van der Waals surface area contributed by atoms with E-state index in [9.17, 15) is 4.79 Å². The summed E-state index contributed by atoms with van der Waals surface area (Å²) in [5.41, 5.74) is 5.23. The number of carbonyl (C=O) groups excluding carboxylic acids is 1. The van der Waals surface area contributed by atoms with Gasteiger partial charge in [0.1, 0.15) is 6.61 Å². The van der Waals surface area contributed by atoms with Crippen molar-refractivity contribution in [1.82, 2.24) is 10.2 Å². The van der Waals surface area contributed by atoms with Crippen LogP contribution < -0.4 is 11.1 Å². The van der Waals surface area contributed by atoms with Crippen molar-refractivity contribution in [2.45, 2.75) is 0 Å². The number of carbonyl (C=O) groups is 1. The van der Waals surface area contributed by atoms with Crippen LogP contribution in [0.1, 0.15) is 0 Å². The highest BCUT2D eigenvalue weighted by atomic mass is 16.5. The molecule has 0 rings (SSSR count). The zero-order valence-electron chi connectivity index (χ0n) is 10.2. The lowest BCUT2D eigenvalue weighted by Crippen LogP contribution is -2.36. The van der Waals surface area contributed by atoms with Crippen molar-refractivity contribution in [1.29, 1.82) is 0 Å². The van der Waals surface area contributed by atoms with Crippen molar-refractivity contribution in [2.24, 2.45) is 5.73 Å². The number of likely N-dealkylation sites (N-methyl/N-ethyl adjacent to an activating group) is 1. The number of nitrogens with one attached hydrogen (secondary N) is 1. The van der Waals surface area contributed by atoms with Gasteiger partial charge >= 0.3 is 0 Å². The molecule has 0 aromatic heterocycles. The number of ether oxygens (including phenoxy) is 2. The van der Waals surface area contributed by atoms with E-state index in [0.29, 0.717) is 26.3 Å². The molecule has 3 N–H and O–H groups in total. The average molecular weight is 233 g/mol. The molecule has 6 nitrogen and oxygen atoms in total. The molecule has 0 saturated carbocycles. The summed E-state index contributed by atoms with van der Waals surface area (Å²) in [6.45, 7) is 3.91. The minimum absolute atomic E-state index is 0.0823. The van der Waals surface area contributed by atoms with Crippen LogP contribution in [0.15, 0.2) is 0 Å². The first kappa shape index (κ1) is 15.3. The monoisotopic (exact) mass is 233 g/mol. The van der Waals surface area contributed by atoms with Crippen molar-refractivity contribution < 1.29 is 14.3 Å². The number of hydrogen-bond acceptors (Lipinski definition) is 5. The maximum Gasteiger partial charge on any atom is 0.246 e. The van der Waals surface area contributed by atoms with Gasteiger partial charge < -0.3 is 25.4 Å². The first-order valence-corrected chi connectivity index (χ1v) is 5.42. The Balaban J connectivity index is 3.32. The Labute approximate surface area is 97.1 Å². The SMILES string of the molecule is COCCN(C)CCNC(=O)COCCN. The smallest absolute Gasteiger partial charge is 0.246 e. The van der Waals surface area contributed by atoms with E-state index >= 15 is 0 Å². The minimum Gasteiger partial charge on any atom is -0.383 e. The van der Waals surface area contributed by atoms with Crippen LogP contribution in [0.5, 0.6) is 0 Å². The molecule has 16 heavy (non-hydrogen) atoms. The Morgan fingerprint density at radius 1 is 1.38 bits per heavy atom. The summed E-state index contributed by atoms with van der Waals surface area (Å²) in [7, 11) is 3.65. The van der Waals surface area contributed by atoms with Crippen molar-refractivity contribution in [3.63, 3.8) is 0 Å². The van der Waals surface area contributed by atoms with Crippen LogP contribution in [0, 0.1) is 0 Å². The van der Waals surface area contributed by atoms with E-state index in [1.165, 1.54) is 0 Å². The van der Waals surface area contributed by atoms with Gasteiger partial charge in [-0.25, -0.2) is 0 Å². The summed E-state index contributed by atoms with van der Waals surface area (Å²) in [5.74, 6) is -0.103. The molecule has 0 aliphatic rings. The van der Waals surface area contributed by atoms with E-state index in [1.807, 2.05) is 7.05 Å². The third-order valence-electron chi connectivity index (χ3n) is 1.99. The van der Waals surface area contributed by atoms with Crippen LogP contribution in [0.2, 0.25) is 0 Å². The van der Waals surface area contributed by atoms with Gasteiger partial charge in [0.15, 0.2) is 0 Å². The molecule has 0 bridgehead atoms. The molecule has 0 aliphatic carbocycles. The van der Waals surface area contributed by atoms with Crippen molar-refractivity contribution in [3.05, 3.63) is 0 Å². The summed E-state index contributed by atoms with van der Waals surface area (Å²) < 4.78 is 9.94. The lowest BCUT2D eigenvalue weighted by molar-refractivity contribution is -0.125. The molecular formula is C10H23N3O3. The van der Waals surface area contributed by atoms with Crippen LogP contribution >= 0.6 is 0 Å². The molecule has 0 aromatic rings. The van der Waals surface area contributed by atoms with E-state index in [2.05, 4.69) is 10.2 Å². The van der Waals surface area contributed by atoms with Gasteiger partial charge in [0, 0.05) is 33.3 Å². The van der Waals surface area contributed by atoms with Crippen LogP contribution in [0.25, 0.3) is 0 Å². The molecule has 0 atom stereocenters. The first-order chi connectivity index (χ1) is 7.70. The molecule has 0 fully saturated rings. The lowest BCUT2D eigenvalue weighted by Gasteiger charge is -2.16. The average Bonchev–Trinajstić information content (AvgIpc) is 2.26. The summed E-state index contributed by atoms with van der Waals surface area (Å²) in [4.78, 5) is 13.3. The molecular weight excluding hydrogens is 210 g/mol. The summed E-state index contributed by atoms with van der Waals surface area (Å²) >= 11 is 0. The number of methoxy groups -OCH3 is 1. The molecule has 0 spiro atoms. The highest BCUT2D eigenvalue weighted by Crippen LogP contribution is 1.81. The molecule has 0 aromatic carbocycles. The second-order valence-electron chi connectivity index (χ2n) is 3.49. The summed E-state index contributed by atoms with van der Waals surface area (Å²) in [6.07, 6.45) is 0. The third-order valence-corrected chi connectivity index (χ3v) is 1.99. The topological polar surface area (TPSA) is 76.8 Å². The fourth-order valence-corrected chi connectivity index (χ4v) is 1.04. The highest BCUT2D eigenvalue weighted by molar-refractivity contribution is 5.77. The molecule has 6 heteroatoms. The van der Waals surface area contributed by atoms with Gasteiger partial charge in [0.2, 0.25) is 5.91 Å². The predicted octanol–water partition coefficient (Wildman–Crippen LogP) is -1.34. The van der Waals surface area contributed by atoms with Crippen LogP contribution in [0.3, 0.4) is 0 Å². The highest BCUT2D eigenvalue weighted by Gasteiger charge is 2.01. The summed E-state index contributed by atoms with van der Waals surface area (Å²) in [5, 5.41) is 2.76. The number of rotatable bonds is 10. The quantitative estimate of drug-likeness (QED) is 0.457. The van der Waals surface area contributed by atoms with E-state index < -0.39 is 0 Å². The Bertz CT molecular complexity index is 179. The Morgan fingerprint density at radius 3 is 2.75 bits per heavy atom. The molecule has 0 unspecified atom stereocenters. The maximum atomic E-state index is 11.2. The van der Waals surface area contributed by atoms with Gasteiger partial charge in [-0.2, -0.15) is 0 Å². The second kappa shape index (κ2) is 10.8. The van der Waals surface area contributed by atoms with Crippen LogP contribution in [0.4, 0.5) is 0 Å². The van der Waals surface area contributed by atoms with E-state index in [0.717, 1.165) is 13.1 Å². The fraction of sp³-hybridized carbons (Fsp3) is 0.900. The van der Waals surface area contributed by atoms with Gasteiger partial charge in [-0.3, -0.25) is 4.79 Å². The normalized spacial score (nSPS) is 10.8. The second-order valence-corrected chi connectivity index (χ2v) is 3.49. The molecule has 0 saturated heterocycles. The lowest BCUT2D eigenvalue weighted by atomic mass is 10.5. The minimum atomic E-state index is -0.103.